The largest absolute Gasteiger partial charge is 0.507 e. The number of hydrogen-bond acceptors (Lipinski definition) is 7. The van der Waals surface area contributed by atoms with E-state index < -0.39 is 65.8 Å². The van der Waals surface area contributed by atoms with Gasteiger partial charge in [-0.2, -0.15) is 0 Å². The third-order valence-corrected chi connectivity index (χ3v) is 11.7. The molecule has 1 saturated carbocycles. The Morgan fingerprint density at radius 1 is 0.765 bits per heavy atom. The monoisotopic (exact) mass is 700 g/mol. The van der Waals surface area contributed by atoms with Crippen LogP contribution < -0.4 is 15.3 Å². The molecule has 3 fully saturated rings. The minimum absolute atomic E-state index is 0.130. The molecule has 2 aliphatic carbocycles. The quantitative estimate of drug-likeness (QED) is 0.156. The first-order valence-electron chi connectivity index (χ1n) is 17.0. The number of imide groups is 2. The van der Waals surface area contributed by atoms with Crippen LogP contribution in [0.4, 0.5) is 11.4 Å². The molecule has 0 spiro atoms. The lowest BCUT2D eigenvalue weighted by Gasteiger charge is -2.51. The highest BCUT2D eigenvalue weighted by molar-refractivity contribution is 6.58. The van der Waals surface area contributed by atoms with Crippen molar-refractivity contribution in [3.63, 3.8) is 0 Å². The van der Waals surface area contributed by atoms with Crippen molar-refractivity contribution in [2.75, 3.05) is 9.80 Å². The van der Waals surface area contributed by atoms with Crippen LogP contribution in [0.5, 0.6) is 5.75 Å². The van der Waals surface area contributed by atoms with E-state index in [9.17, 15) is 29.5 Å². The van der Waals surface area contributed by atoms with Crippen LogP contribution in [0, 0.1) is 37.5 Å². The number of carbonyl (C=O) groups excluding carboxylic acids is 4. The molecule has 0 bridgehead atoms. The van der Waals surface area contributed by atoms with E-state index in [1.807, 2.05) is 48.5 Å². The average molecular weight is 701 g/mol. The van der Waals surface area contributed by atoms with Crippen molar-refractivity contribution >= 4 is 59.2 Å². The molecule has 4 aromatic rings. The highest BCUT2D eigenvalue weighted by atomic mass is 35.5. The lowest BCUT2D eigenvalue weighted by Crippen LogP contribution is -2.53. The molecule has 3 N–H and O–H groups in total. The Morgan fingerprint density at radius 3 is 2.10 bits per heavy atom. The number of phenolic OH excluding ortho intramolecular Hbond substituents is 1. The van der Waals surface area contributed by atoms with Crippen LogP contribution in [0.3, 0.4) is 0 Å². The van der Waals surface area contributed by atoms with Crippen molar-refractivity contribution in [3.8, 4) is 5.75 Å². The molecule has 2 aliphatic heterocycles. The Bertz CT molecular complexity index is 2170. The summed E-state index contributed by atoms with van der Waals surface area (Å²) in [5.74, 6) is -5.27. The molecule has 4 aliphatic rings. The smallest absolute Gasteiger partial charge is 0.488 e. The van der Waals surface area contributed by atoms with Gasteiger partial charge in [0, 0.05) is 10.9 Å². The van der Waals surface area contributed by atoms with Gasteiger partial charge in [-0.25, -0.2) is 4.90 Å². The maximum absolute atomic E-state index is 15.4. The molecular weight excluding hydrogens is 667 g/mol. The van der Waals surface area contributed by atoms with Gasteiger partial charge in [-0.05, 0) is 90.7 Å². The predicted octanol–water partition coefficient (Wildman–Crippen LogP) is 4.71. The summed E-state index contributed by atoms with van der Waals surface area (Å²) in [5.41, 5.74) is 2.69. The molecule has 0 unspecified atom stereocenters. The van der Waals surface area contributed by atoms with E-state index in [0.717, 1.165) is 16.0 Å². The Balaban J connectivity index is 1.35. The molecule has 2 heterocycles. The number of phenols is 1. The number of nitrogens with zero attached hydrogens (tertiary/aromatic N) is 2. The second-order valence-corrected chi connectivity index (χ2v) is 14.5. The maximum atomic E-state index is 15.4. The third kappa shape index (κ3) is 4.77. The number of hydrogen-bond donors (Lipinski definition) is 3. The van der Waals surface area contributed by atoms with Gasteiger partial charge in [-0.3, -0.25) is 24.1 Å². The van der Waals surface area contributed by atoms with Crippen LogP contribution in [0.2, 0.25) is 5.02 Å². The molecule has 0 aromatic heterocycles. The second-order valence-electron chi connectivity index (χ2n) is 14.1. The first-order chi connectivity index (χ1) is 24.4. The van der Waals surface area contributed by atoms with Gasteiger partial charge >= 0.3 is 7.12 Å². The van der Waals surface area contributed by atoms with Gasteiger partial charge in [-0.1, -0.05) is 83.9 Å². The van der Waals surface area contributed by atoms with E-state index in [2.05, 4.69) is 0 Å². The molecule has 256 valence electrons. The third-order valence-electron chi connectivity index (χ3n) is 11.4. The molecular formula is C40H34BClN2O7. The first kappa shape index (κ1) is 33.1. The number of aromatic hydroxyl groups is 1. The summed E-state index contributed by atoms with van der Waals surface area (Å²) in [6.45, 7) is 3.58. The minimum Gasteiger partial charge on any atom is -0.507 e. The van der Waals surface area contributed by atoms with Crippen LogP contribution >= 0.6 is 11.6 Å². The molecule has 4 aromatic carbocycles. The summed E-state index contributed by atoms with van der Waals surface area (Å²) in [6, 6.07) is 25.7. The fourth-order valence-corrected chi connectivity index (χ4v) is 9.54. The van der Waals surface area contributed by atoms with Gasteiger partial charge < -0.3 is 15.2 Å². The summed E-state index contributed by atoms with van der Waals surface area (Å²) in [5, 5.41) is 30.8. The van der Waals surface area contributed by atoms with Crippen molar-refractivity contribution in [1.29, 1.82) is 0 Å². The average Bonchev–Trinajstić information content (AvgIpc) is 3.51. The van der Waals surface area contributed by atoms with Crippen LogP contribution in [-0.2, 0) is 24.6 Å². The molecule has 4 amide bonds. The van der Waals surface area contributed by atoms with Crippen LogP contribution in [0.25, 0.3) is 0 Å². The molecule has 8 rings (SSSR count). The number of rotatable bonds is 5. The van der Waals surface area contributed by atoms with E-state index in [0.29, 0.717) is 27.4 Å². The number of aryl methyl sites for hydroxylation is 2. The van der Waals surface area contributed by atoms with Gasteiger partial charge in [-0.15, -0.1) is 0 Å². The Morgan fingerprint density at radius 2 is 1.43 bits per heavy atom. The standard InChI is InChI=1S/C40H34BClN2O7/c1-21-16-23(17-22(2)35(21)45)34-29-14-15-30-33(38(48)43(36(30)46)27-12-6-10-25(18-27)41(50)51)31(29)20-32-37(47)44(28-13-7-11-26(42)19-28)39(49)40(32,34)24-8-4-3-5-9-24/h3-14,16-19,30-34,45,50-51H,15,20H2,1-2H3/t30-,31+,32-,33-,34-,40+/m0/s1. The van der Waals surface area contributed by atoms with Gasteiger partial charge in [0.15, 0.2) is 0 Å². The van der Waals surface area contributed by atoms with Gasteiger partial charge in [0.05, 0.1) is 34.5 Å². The van der Waals surface area contributed by atoms with E-state index >= 15 is 4.79 Å². The Hall–Kier alpha value is -5.03. The molecule has 6 atom stereocenters. The molecule has 11 heteroatoms. The topological polar surface area (TPSA) is 135 Å². The zero-order valence-corrected chi connectivity index (χ0v) is 28.6. The summed E-state index contributed by atoms with van der Waals surface area (Å²) in [6.07, 6.45) is 2.36. The zero-order chi connectivity index (χ0) is 35.9. The number of fused-ring (bicyclic) bond motifs is 4. The van der Waals surface area contributed by atoms with Crippen LogP contribution in [0.1, 0.15) is 41.0 Å². The SMILES string of the molecule is Cc1cc([C@H]2C3=CC[C@@H]4C(=O)N(c5cccc(B(O)O)c5)C(=O)[C@@H]4[C@@H]3C[C@H]3C(=O)N(c4cccc(Cl)c4)C(=O)[C@@]23c2ccccc2)cc(C)c1O. The van der Waals surface area contributed by atoms with Crippen LogP contribution in [0.15, 0.2) is 103 Å². The maximum Gasteiger partial charge on any atom is 0.488 e. The van der Waals surface area contributed by atoms with Crippen molar-refractivity contribution in [2.24, 2.45) is 23.7 Å². The molecule has 51 heavy (non-hydrogen) atoms. The molecule has 0 radical (unpaired) electrons. The summed E-state index contributed by atoms with van der Waals surface area (Å²) < 4.78 is 0. The normalized spacial score (nSPS) is 26.9. The van der Waals surface area contributed by atoms with Gasteiger partial charge in [0.2, 0.25) is 23.6 Å². The van der Waals surface area contributed by atoms with Crippen molar-refractivity contribution in [2.45, 2.75) is 38.0 Å². The minimum atomic E-state index is -1.79. The van der Waals surface area contributed by atoms with Crippen molar-refractivity contribution < 1.29 is 34.3 Å². The Kier molecular flexibility index (Phi) is 7.83. The van der Waals surface area contributed by atoms with E-state index in [1.54, 1.807) is 50.2 Å². The first-order valence-corrected chi connectivity index (χ1v) is 17.4. The van der Waals surface area contributed by atoms with Gasteiger partial charge in [0.1, 0.15) is 5.75 Å². The number of amides is 4. The second kappa shape index (κ2) is 12.0. The number of carbonyl (C=O) groups is 4. The molecule has 2 saturated heterocycles. The number of anilines is 2. The zero-order valence-electron chi connectivity index (χ0n) is 27.9. The van der Waals surface area contributed by atoms with E-state index in [4.69, 9.17) is 11.6 Å². The van der Waals surface area contributed by atoms with Crippen molar-refractivity contribution in [3.05, 3.63) is 130 Å². The van der Waals surface area contributed by atoms with Crippen molar-refractivity contribution in [1.82, 2.24) is 0 Å². The highest BCUT2D eigenvalue weighted by Crippen LogP contribution is 2.64. The fraction of sp³-hybridized carbons (Fsp3) is 0.250. The van der Waals surface area contributed by atoms with E-state index in [1.165, 1.54) is 17.0 Å². The lowest BCUT2D eigenvalue weighted by atomic mass is 9.49. The Labute approximate surface area is 299 Å². The predicted molar refractivity (Wildman–Crippen MR) is 192 cm³/mol. The summed E-state index contributed by atoms with van der Waals surface area (Å²) >= 11 is 6.39. The number of allylic oxidation sites excluding steroid dienone is 2. The number of halogens is 1. The van der Waals surface area contributed by atoms with Crippen LogP contribution in [-0.4, -0.2) is 45.9 Å². The highest BCUT2D eigenvalue weighted by Gasteiger charge is 2.70. The summed E-state index contributed by atoms with van der Waals surface area (Å²) in [4.78, 5) is 61.2. The fourth-order valence-electron chi connectivity index (χ4n) is 9.35. The van der Waals surface area contributed by atoms with E-state index in [-0.39, 0.29) is 29.7 Å². The van der Waals surface area contributed by atoms with Gasteiger partial charge in [0.25, 0.3) is 0 Å². The molecule has 9 nitrogen and oxygen atoms in total. The number of benzene rings is 4. The lowest BCUT2D eigenvalue weighted by molar-refractivity contribution is -0.127. The summed E-state index contributed by atoms with van der Waals surface area (Å²) in [7, 11) is -1.79.